The normalized spacial score (nSPS) is 10.1. The van der Waals surface area contributed by atoms with E-state index in [1.165, 1.54) is 6.39 Å². The quantitative estimate of drug-likeness (QED) is 0.744. The zero-order valence-corrected chi connectivity index (χ0v) is 7.52. The van der Waals surface area contributed by atoms with Gasteiger partial charge in [-0.1, -0.05) is 21.1 Å². The zero-order chi connectivity index (χ0) is 8.39. The van der Waals surface area contributed by atoms with Gasteiger partial charge in [-0.15, -0.1) is 0 Å². The lowest BCUT2D eigenvalue weighted by atomic mass is 10.3. The lowest BCUT2D eigenvalue weighted by Gasteiger charge is -1.92. The molecular formula is C7H4BrN3O. The van der Waals surface area contributed by atoms with Gasteiger partial charge in [-0.25, -0.2) is 0 Å². The van der Waals surface area contributed by atoms with E-state index in [1.54, 1.807) is 6.20 Å². The van der Waals surface area contributed by atoms with Gasteiger partial charge < -0.3 is 4.52 Å². The summed E-state index contributed by atoms with van der Waals surface area (Å²) in [4.78, 5) is 7.93. The predicted molar refractivity (Wildman–Crippen MR) is 45.2 cm³/mol. The number of nitrogens with zero attached hydrogens (tertiary/aromatic N) is 3. The van der Waals surface area contributed by atoms with Crippen LogP contribution >= 0.6 is 15.9 Å². The van der Waals surface area contributed by atoms with Crippen LogP contribution in [0.3, 0.4) is 0 Å². The molecule has 0 saturated carbocycles. The first kappa shape index (κ1) is 7.42. The van der Waals surface area contributed by atoms with Crippen LogP contribution in [0.25, 0.3) is 11.5 Å². The number of hydrogen-bond donors (Lipinski definition) is 0. The van der Waals surface area contributed by atoms with Crippen LogP contribution in [0.2, 0.25) is 0 Å². The molecule has 2 aromatic rings. The summed E-state index contributed by atoms with van der Waals surface area (Å²) >= 11 is 3.32. The average molecular weight is 226 g/mol. The third-order valence-electron chi connectivity index (χ3n) is 1.31. The largest absolute Gasteiger partial charge is 0.342 e. The molecule has 0 aliphatic carbocycles. The Morgan fingerprint density at radius 2 is 2.25 bits per heavy atom. The topological polar surface area (TPSA) is 51.8 Å². The maximum absolute atomic E-state index is 4.59. The zero-order valence-electron chi connectivity index (χ0n) is 5.94. The standard InChI is InChI=1S/C7H4BrN3O/c8-5-1-2-9-6(3-5)7-10-4-12-11-7/h1-4H. The molecule has 0 amide bonds. The summed E-state index contributed by atoms with van der Waals surface area (Å²) < 4.78 is 5.53. The molecule has 0 aromatic carbocycles. The van der Waals surface area contributed by atoms with E-state index in [1.807, 2.05) is 12.1 Å². The third-order valence-corrected chi connectivity index (χ3v) is 1.81. The second-order valence-corrected chi connectivity index (χ2v) is 3.03. The molecular weight excluding hydrogens is 222 g/mol. The van der Waals surface area contributed by atoms with E-state index in [-0.39, 0.29) is 0 Å². The van der Waals surface area contributed by atoms with Gasteiger partial charge in [0.25, 0.3) is 0 Å². The SMILES string of the molecule is Brc1ccnc(-c2ncon2)c1. The maximum atomic E-state index is 4.59. The van der Waals surface area contributed by atoms with Gasteiger partial charge in [-0.2, -0.15) is 4.98 Å². The summed E-state index contributed by atoms with van der Waals surface area (Å²) in [5, 5.41) is 3.66. The molecule has 0 aliphatic rings. The molecule has 0 unspecified atom stereocenters. The second kappa shape index (κ2) is 3.02. The fraction of sp³-hybridized carbons (Fsp3) is 0. The van der Waals surface area contributed by atoms with Crippen molar-refractivity contribution in [3.05, 3.63) is 29.2 Å². The molecule has 4 nitrogen and oxygen atoms in total. The molecule has 0 N–H and O–H groups in total. The molecule has 2 rings (SSSR count). The van der Waals surface area contributed by atoms with Gasteiger partial charge in [0.05, 0.1) is 0 Å². The van der Waals surface area contributed by atoms with Crippen molar-refractivity contribution in [1.29, 1.82) is 0 Å². The summed E-state index contributed by atoms with van der Waals surface area (Å²) in [5.41, 5.74) is 0.693. The molecule has 0 spiro atoms. The number of aromatic nitrogens is 3. The molecule has 0 saturated heterocycles. The van der Waals surface area contributed by atoms with Crippen molar-refractivity contribution in [2.45, 2.75) is 0 Å². The number of rotatable bonds is 1. The molecule has 60 valence electrons. The summed E-state index contributed by atoms with van der Waals surface area (Å²) in [6, 6.07) is 3.66. The van der Waals surface area contributed by atoms with Crippen LogP contribution in [0, 0.1) is 0 Å². The highest BCUT2D eigenvalue weighted by Gasteiger charge is 2.03. The van der Waals surface area contributed by atoms with Gasteiger partial charge in [0, 0.05) is 10.7 Å². The summed E-state index contributed by atoms with van der Waals surface area (Å²) in [6.45, 7) is 0. The van der Waals surface area contributed by atoms with Gasteiger partial charge in [0.2, 0.25) is 12.2 Å². The third kappa shape index (κ3) is 1.35. The van der Waals surface area contributed by atoms with Crippen LogP contribution < -0.4 is 0 Å². The summed E-state index contributed by atoms with van der Waals surface area (Å²) in [7, 11) is 0. The molecule has 0 atom stereocenters. The minimum atomic E-state index is 0.497. The van der Waals surface area contributed by atoms with Crippen molar-refractivity contribution >= 4 is 15.9 Å². The van der Waals surface area contributed by atoms with Gasteiger partial charge in [-0.05, 0) is 12.1 Å². The van der Waals surface area contributed by atoms with Crippen LogP contribution in [0.1, 0.15) is 0 Å². The van der Waals surface area contributed by atoms with E-state index in [0.29, 0.717) is 11.5 Å². The van der Waals surface area contributed by atoms with Crippen LogP contribution in [0.5, 0.6) is 0 Å². The van der Waals surface area contributed by atoms with Crippen molar-refractivity contribution in [2.24, 2.45) is 0 Å². The lowest BCUT2D eigenvalue weighted by Crippen LogP contribution is -1.83. The lowest BCUT2D eigenvalue weighted by molar-refractivity contribution is 0.418. The Bertz CT molecular complexity index is 374. The van der Waals surface area contributed by atoms with Crippen LogP contribution in [0.15, 0.2) is 33.7 Å². The summed E-state index contributed by atoms with van der Waals surface area (Å²) in [6.07, 6.45) is 2.95. The van der Waals surface area contributed by atoms with Crippen molar-refractivity contribution in [3.63, 3.8) is 0 Å². The first-order chi connectivity index (χ1) is 5.86. The summed E-state index contributed by atoms with van der Waals surface area (Å²) in [5.74, 6) is 0.497. The molecule has 2 heterocycles. The Labute approximate surface area is 76.8 Å². The smallest absolute Gasteiger partial charge is 0.220 e. The molecule has 2 aromatic heterocycles. The fourth-order valence-corrected chi connectivity index (χ4v) is 1.15. The number of pyridine rings is 1. The Kier molecular flexibility index (Phi) is 1.87. The molecule has 0 bridgehead atoms. The first-order valence-corrected chi connectivity index (χ1v) is 4.04. The first-order valence-electron chi connectivity index (χ1n) is 3.24. The Morgan fingerprint density at radius 1 is 1.33 bits per heavy atom. The maximum Gasteiger partial charge on any atom is 0.220 e. The Morgan fingerprint density at radius 3 is 2.92 bits per heavy atom. The number of hydrogen-bond acceptors (Lipinski definition) is 4. The van der Waals surface area contributed by atoms with E-state index < -0.39 is 0 Å². The predicted octanol–water partition coefficient (Wildman–Crippen LogP) is 1.89. The molecule has 5 heteroatoms. The molecule has 12 heavy (non-hydrogen) atoms. The monoisotopic (exact) mass is 225 g/mol. The minimum absolute atomic E-state index is 0.497. The van der Waals surface area contributed by atoms with Crippen LogP contribution in [0.4, 0.5) is 0 Å². The van der Waals surface area contributed by atoms with E-state index >= 15 is 0 Å². The van der Waals surface area contributed by atoms with E-state index in [2.05, 4.69) is 35.6 Å². The molecule has 0 fully saturated rings. The minimum Gasteiger partial charge on any atom is -0.342 e. The van der Waals surface area contributed by atoms with Crippen molar-refractivity contribution in [2.75, 3.05) is 0 Å². The van der Waals surface area contributed by atoms with Crippen LogP contribution in [-0.2, 0) is 0 Å². The van der Waals surface area contributed by atoms with E-state index in [4.69, 9.17) is 0 Å². The highest BCUT2D eigenvalue weighted by molar-refractivity contribution is 9.10. The average Bonchev–Trinajstić information content (AvgIpc) is 2.56. The molecule has 0 radical (unpaired) electrons. The second-order valence-electron chi connectivity index (χ2n) is 2.11. The van der Waals surface area contributed by atoms with Gasteiger partial charge in [0.1, 0.15) is 5.69 Å². The molecule has 0 aliphatic heterocycles. The van der Waals surface area contributed by atoms with Crippen LogP contribution in [-0.4, -0.2) is 15.1 Å². The van der Waals surface area contributed by atoms with E-state index in [0.717, 1.165) is 4.47 Å². The Hall–Kier alpha value is -1.23. The fourth-order valence-electron chi connectivity index (χ4n) is 0.811. The highest BCUT2D eigenvalue weighted by Crippen LogP contribution is 2.16. The highest BCUT2D eigenvalue weighted by atomic mass is 79.9. The van der Waals surface area contributed by atoms with Gasteiger partial charge in [-0.3, -0.25) is 4.98 Å². The van der Waals surface area contributed by atoms with Crippen molar-refractivity contribution in [1.82, 2.24) is 15.1 Å². The van der Waals surface area contributed by atoms with E-state index in [9.17, 15) is 0 Å². The number of halogens is 1. The van der Waals surface area contributed by atoms with Crippen molar-refractivity contribution < 1.29 is 4.52 Å². The van der Waals surface area contributed by atoms with Gasteiger partial charge >= 0.3 is 0 Å². The van der Waals surface area contributed by atoms with Crippen molar-refractivity contribution in [3.8, 4) is 11.5 Å². The van der Waals surface area contributed by atoms with Gasteiger partial charge in [0.15, 0.2) is 0 Å². The Balaban J connectivity index is 2.48.